The monoisotopic (exact) mass is 726 g/mol. The number of carbonyl (C=O) groups excluding carboxylic acids is 2. The molecule has 6 atom stereocenters. The molecule has 0 aromatic heterocycles. The molecule has 1 amide bonds. The first kappa shape index (κ1) is 35.3. The molecule has 4 aliphatic heterocycles. The fourth-order valence-electron chi connectivity index (χ4n) is 8.61. The van der Waals surface area contributed by atoms with E-state index in [1.54, 1.807) is 6.92 Å². The number of likely N-dealkylation sites (N-methyl/N-ethyl adjacent to an activating group) is 1. The number of anilines is 1. The number of ether oxygens (including phenoxy) is 4. The Morgan fingerprint density at radius 3 is 2.54 bits per heavy atom. The highest BCUT2D eigenvalue weighted by Gasteiger charge is 2.57. The Balaban J connectivity index is 1.31. The van der Waals surface area contributed by atoms with Crippen LogP contribution >= 0.6 is 12.2 Å². The van der Waals surface area contributed by atoms with E-state index in [0.717, 1.165) is 27.9 Å². The van der Waals surface area contributed by atoms with Crippen molar-refractivity contribution in [3.63, 3.8) is 0 Å². The third-order valence-electron chi connectivity index (χ3n) is 10.8. The average molecular weight is 727 g/mol. The SMILES string of the molecule is COc1c(C)cc2c(c1O)[C@@H]1C3Cc4c(OC(C)=O)c(C)c5c(c4[C@H](CNC(=O)[C@H](C)NC(=S)Nc4ccccc4)N3[C@@H](C#N)[C@H](C2)N1C)OCO5. The van der Waals surface area contributed by atoms with E-state index in [1.807, 2.05) is 57.3 Å². The number of aromatic hydroxyl groups is 1. The maximum atomic E-state index is 13.7. The second-order valence-corrected chi connectivity index (χ2v) is 14.2. The van der Waals surface area contributed by atoms with E-state index >= 15 is 0 Å². The van der Waals surface area contributed by atoms with Gasteiger partial charge >= 0.3 is 5.97 Å². The summed E-state index contributed by atoms with van der Waals surface area (Å²) >= 11 is 5.49. The average Bonchev–Trinajstić information content (AvgIpc) is 3.60. The number of phenolic OH excluding ortho intramolecular Hbond substituents is 1. The van der Waals surface area contributed by atoms with Crippen molar-refractivity contribution >= 4 is 34.9 Å². The van der Waals surface area contributed by atoms with Gasteiger partial charge in [0.05, 0.1) is 25.3 Å². The molecule has 1 unspecified atom stereocenters. The summed E-state index contributed by atoms with van der Waals surface area (Å²) in [5.41, 5.74) is 5.34. The first-order valence-corrected chi connectivity index (χ1v) is 17.7. The van der Waals surface area contributed by atoms with E-state index in [1.165, 1.54) is 14.0 Å². The number of amides is 1. The van der Waals surface area contributed by atoms with Crippen LogP contribution in [0.25, 0.3) is 0 Å². The number of piperazine rings is 1. The highest BCUT2D eigenvalue weighted by atomic mass is 32.1. The number of hydrogen-bond donors (Lipinski definition) is 4. The van der Waals surface area contributed by atoms with Gasteiger partial charge < -0.3 is 40.0 Å². The van der Waals surface area contributed by atoms with Crippen LogP contribution < -0.4 is 34.9 Å². The number of phenols is 1. The number of methoxy groups -OCH3 is 1. The van der Waals surface area contributed by atoms with Crippen LogP contribution in [0.1, 0.15) is 59.3 Å². The van der Waals surface area contributed by atoms with Crippen LogP contribution in [0.2, 0.25) is 0 Å². The Kier molecular flexibility index (Phi) is 9.37. The van der Waals surface area contributed by atoms with E-state index in [0.29, 0.717) is 52.1 Å². The molecule has 3 aromatic rings. The topological polar surface area (TPSA) is 158 Å². The largest absolute Gasteiger partial charge is 0.504 e. The number of rotatable bonds is 7. The number of aryl methyl sites for hydroxylation is 1. The molecule has 1 saturated heterocycles. The maximum absolute atomic E-state index is 13.7. The molecule has 4 heterocycles. The third kappa shape index (κ3) is 5.82. The minimum absolute atomic E-state index is 0.0302. The predicted octanol–water partition coefficient (Wildman–Crippen LogP) is 3.93. The van der Waals surface area contributed by atoms with Crippen molar-refractivity contribution in [1.29, 1.82) is 5.26 Å². The van der Waals surface area contributed by atoms with Gasteiger partial charge in [-0.1, -0.05) is 24.3 Å². The summed E-state index contributed by atoms with van der Waals surface area (Å²) < 4.78 is 23.6. The molecular weight excluding hydrogens is 685 g/mol. The highest BCUT2D eigenvalue weighted by Crippen LogP contribution is 2.58. The molecule has 4 aliphatic rings. The number of para-hydroxylation sites is 1. The maximum Gasteiger partial charge on any atom is 0.308 e. The van der Waals surface area contributed by atoms with Gasteiger partial charge in [-0.2, -0.15) is 5.26 Å². The zero-order valence-corrected chi connectivity index (χ0v) is 30.7. The smallest absolute Gasteiger partial charge is 0.308 e. The van der Waals surface area contributed by atoms with Crippen molar-refractivity contribution < 1.29 is 33.6 Å². The first-order valence-electron chi connectivity index (χ1n) is 17.3. The minimum Gasteiger partial charge on any atom is -0.504 e. The summed E-state index contributed by atoms with van der Waals surface area (Å²) in [6, 6.07) is 11.1. The molecule has 0 radical (unpaired) electrons. The Labute approximate surface area is 307 Å². The van der Waals surface area contributed by atoms with Gasteiger partial charge in [-0.05, 0) is 76.1 Å². The lowest BCUT2D eigenvalue weighted by Crippen LogP contribution is -2.69. The van der Waals surface area contributed by atoms with E-state index in [9.17, 15) is 20.0 Å². The summed E-state index contributed by atoms with van der Waals surface area (Å²) in [5.74, 6) is 1.00. The number of nitrogens with one attached hydrogen (secondary N) is 3. The van der Waals surface area contributed by atoms with Gasteiger partial charge in [-0.3, -0.25) is 19.4 Å². The van der Waals surface area contributed by atoms with Crippen molar-refractivity contribution in [1.82, 2.24) is 20.4 Å². The fraction of sp³-hybridized carbons (Fsp3) is 0.421. The highest BCUT2D eigenvalue weighted by molar-refractivity contribution is 7.80. The zero-order chi connectivity index (χ0) is 37.0. The predicted molar refractivity (Wildman–Crippen MR) is 196 cm³/mol. The molecule has 14 heteroatoms. The standard InChI is InChI=1S/C38H42N6O7S/c1-18-12-22-13-25-27(15-39)44-26(31(43(25)5)29(22)32(46)33(18)48-6)14-24-30(36-35(49-17-50-36)19(2)34(24)51-21(4)45)28(44)16-40-37(47)20(3)41-38(52)42-23-10-8-7-9-11-23/h7-12,20,25-28,31,46H,13-14,16-17H2,1-6H3,(H,40,47)(H2,41,42,52)/t20-,25-,26?,27-,28-,31-/m0/s1. The first-order chi connectivity index (χ1) is 24.9. The second kappa shape index (κ2) is 13.8. The molecule has 7 rings (SSSR count). The Morgan fingerprint density at radius 1 is 1.12 bits per heavy atom. The van der Waals surface area contributed by atoms with Crippen LogP contribution in [0.15, 0.2) is 36.4 Å². The van der Waals surface area contributed by atoms with Gasteiger partial charge in [0.25, 0.3) is 0 Å². The second-order valence-electron chi connectivity index (χ2n) is 13.8. The van der Waals surface area contributed by atoms with Gasteiger partial charge in [0.15, 0.2) is 28.1 Å². The summed E-state index contributed by atoms with van der Waals surface area (Å²) in [6.45, 7) is 6.85. The molecule has 4 N–H and O–H groups in total. The van der Waals surface area contributed by atoms with Crippen molar-refractivity contribution in [3.8, 4) is 34.8 Å². The Morgan fingerprint density at radius 2 is 1.85 bits per heavy atom. The summed E-state index contributed by atoms with van der Waals surface area (Å²) in [4.78, 5) is 30.6. The molecule has 1 fully saturated rings. The van der Waals surface area contributed by atoms with Crippen LogP contribution in [0.4, 0.5) is 5.69 Å². The number of nitriles is 1. The van der Waals surface area contributed by atoms with E-state index in [2.05, 4.69) is 31.8 Å². The number of carbonyl (C=O) groups is 2. The molecule has 0 saturated carbocycles. The zero-order valence-electron chi connectivity index (χ0n) is 29.9. The third-order valence-corrected chi connectivity index (χ3v) is 11.0. The number of thiocarbonyl (C=S) groups is 1. The number of nitrogens with zero attached hydrogens (tertiary/aromatic N) is 3. The quantitative estimate of drug-likeness (QED) is 0.158. The Hall–Kier alpha value is -5.10. The Bertz CT molecular complexity index is 2000. The lowest BCUT2D eigenvalue weighted by Gasteiger charge is -2.60. The van der Waals surface area contributed by atoms with Crippen LogP contribution in [-0.4, -0.2) is 83.6 Å². The number of hydrogen-bond acceptors (Lipinski definition) is 11. The molecule has 2 bridgehead atoms. The van der Waals surface area contributed by atoms with Gasteiger partial charge in [-0.15, -0.1) is 0 Å². The normalized spacial score (nSPS) is 23.2. The lowest BCUT2D eigenvalue weighted by molar-refractivity contribution is -0.132. The van der Waals surface area contributed by atoms with E-state index in [-0.39, 0.29) is 37.1 Å². The van der Waals surface area contributed by atoms with Gasteiger partial charge in [0.2, 0.25) is 12.7 Å². The number of benzene rings is 3. The molecule has 13 nitrogen and oxygen atoms in total. The summed E-state index contributed by atoms with van der Waals surface area (Å²) in [5, 5.41) is 32.2. The summed E-state index contributed by atoms with van der Waals surface area (Å²) in [6.07, 6.45) is 0.872. The number of esters is 1. The molecule has 0 spiro atoms. The molecule has 272 valence electrons. The van der Waals surface area contributed by atoms with Crippen molar-refractivity contribution in [2.75, 3.05) is 32.8 Å². The fourth-order valence-corrected chi connectivity index (χ4v) is 8.91. The summed E-state index contributed by atoms with van der Waals surface area (Å²) in [7, 11) is 3.52. The minimum atomic E-state index is -0.708. The van der Waals surface area contributed by atoms with E-state index in [4.69, 9.17) is 31.2 Å². The van der Waals surface area contributed by atoms with Crippen molar-refractivity contribution in [2.45, 2.75) is 76.8 Å². The van der Waals surface area contributed by atoms with Crippen LogP contribution in [0.3, 0.4) is 0 Å². The van der Waals surface area contributed by atoms with Gasteiger partial charge in [0, 0.05) is 53.5 Å². The molecular formula is C38H42N6O7S. The van der Waals surface area contributed by atoms with Crippen molar-refractivity contribution in [3.05, 3.63) is 69.8 Å². The van der Waals surface area contributed by atoms with E-state index < -0.39 is 30.1 Å². The van der Waals surface area contributed by atoms with Crippen LogP contribution in [-0.2, 0) is 22.4 Å². The van der Waals surface area contributed by atoms with Gasteiger partial charge in [0.1, 0.15) is 17.8 Å². The van der Waals surface area contributed by atoms with Gasteiger partial charge in [-0.25, -0.2) is 0 Å². The van der Waals surface area contributed by atoms with Crippen LogP contribution in [0.5, 0.6) is 28.7 Å². The molecule has 52 heavy (non-hydrogen) atoms. The molecule has 3 aromatic carbocycles. The lowest BCUT2D eigenvalue weighted by atomic mass is 9.71. The van der Waals surface area contributed by atoms with Crippen molar-refractivity contribution in [2.24, 2.45) is 0 Å². The number of fused-ring (bicyclic) bond motifs is 9. The van der Waals surface area contributed by atoms with Crippen LogP contribution in [0, 0.1) is 25.2 Å². The molecule has 0 aliphatic carbocycles.